The summed E-state index contributed by atoms with van der Waals surface area (Å²) in [6.07, 6.45) is 1.58. The molecule has 1 aliphatic rings. The molecule has 1 N–H and O–H groups in total. The van der Waals surface area contributed by atoms with Gasteiger partial charge in [-0.05, 0) is 55.8 Å². The van der Waals surface area contributed by atoms with Crippen LogP contribution in [0.1, 0.15) is 18.4 Å². The molecule has 0 saturated carbocycles. The van der Waals surface area contributed by atoms with Crippen molar-refractivity contribution in [2.75, 3.05) is 33.4 Å². The van der Waals surface area contributed by atoms with Crippen molar-refractivity contribution >= 4 is 17.5 Å². The van der Waals surface area contributed by atoms with Gasteiger partial charge in [-0.25, -0.2) is 4.39 Å². The number of methoxy groups -OCH3 is 1. The molecule has 0 aliphatic carbocycles. The first-order valence-electron chi connectivity index (χ1n) is 11.8. The van der Waals surface area contributed by atoms with E-state index in [1.54, 1.807) is 31.4 Å². The van der Waals surface area contributed by atoms with E-state index in [1.807, 2.05) is 36.4 Å². The van der Waals surface area contributed by atoms with Crippen LogP contribution in [0.4, 0.5) is 4.39 Å². The van der Waals surface area contributed by atoms with Crippen molar-refractivity contribution in [1.29, 1.82) is 0 Å². The molecule has 0 unspecified atom stereocenters. The van der Waals surface area contributed by atoms with Gasteiger partial charge in [-0.15, -0.1) is 0 Å². The molecule has 4 rings (SSSR count). The van der Waals surface area contributed by atoms with Crippen molar-refractivity contribution in [3.05, 3.63) is 83.1 Å². The molecule has 1 saturated heterocycles. The summed E-state index contributed by atoms with van der Waals surface area (Å²) in [6, 6.07) is 19.6. The molecule has 3 aromatic carbocycles. The highest BCUT2D eigenvalue weighted by atomic mass is 35.5. The molecule has 0 aromatic heterocycles. The zero-order valence-electron chi connectivity index (χ0n) is 19.8. The number of piperidine rings is 1. The van der Waals surface area contributed by atoms with E-state index in [1.165, 1.54) is 6.07 Å². The molecule has 1 heterocycles. The highest BCUT2D eigenvalue weighted by Gasteiger charge is 2.25. The Morgan fingerprint density at radius 2 is 1.74 bits per heavy atom. The van der Waals surface area contributed by atoms with Crippen LogP contribution in [0.3, 0.4) is 0 Å². The Hall–Kier alpha value is -3.09. The first-order chi connectivity index (χ1) is 17.1. The third-order valence-corrected chi connectivity index (χ3v) is 6.70. The first kappa shape index (κ1) is 25.0. The Kier molecular flexibility index (Phi) is 8.61. The lowest BCUT2D eigenvalue weighted by molar-refractivity contribution is -0.126. The topological polar surface area (TPSA) is 50.8 Å². The highest BCUT2D eigenvalue weighted by Crippen LogP contribution is 2.35. The van der Waals surface area contributed by atoms with Crippen LogP contribution < -0.4 is 14.8 Å². The maximum atomic E-state index is 14.5. The monoisotopic (exact) mass is 496 g/mol. The summed E-state index contributed by atoms with van der Waals surface area (Å²) in [7, 11) is 1.56. The number of hydrogen-bond donors (Lipinski definition) is 1. The molecule has 0 bridgehead atoms. The predicted octanol–water partition coefficient (Wildman–Crippen LogP) is 5.56. The number of carbonyl (C=O) groups is 1. The van der Waals surface area contributed by atoms with Crippen LogP contribution in [0.15, 0.2) is 66.7 Å². The maximum Gasteiger partial charge on any atom is 0.223 e. The van der Waals surface area contributed by atoms with Crippen LogP contribution in [0.25, 0.3) is 11.1 Å². The van der Waals surface area contributed by atoms with Crippen molar-refractivity contribution in [3.63, 3.8) is 0 Å². The second-order valence-corrected chi connectivity index (χ2v) is 8.99. The zero-order valence-corrected chi connectivity index (χ0v) is 20.6. The molecule has 0 radical (unpaired) electrons. The molecule has 7 heteroatoms. The van der Waals surface area contributed by atoms with E-state index >= 15 is 0 Å². The Labute approximate surface area is 210 Å². The number of nitrogens with one attached hydrogen (secondary N) is 1. The number of ether oxygens (including phenoxy) is 2. The number of nitrogens with zero attached hydrogens (tertiary/aromatic N) is 1. The number of rotatable bonds is 9. The summed E-state index contributed by atoms with van der Waals surface area (Å²) in [5.41, 5.74) is 1.94. The number of benzene rings is 3. The SMILES string of the molecule is COc1cccc(CNC(=O)C2CCN(CCOc3ccccc3Cl)CC2)c1-c1ccccc1F. The second-order valence-electron chi connectivity index (χ2n) is 8.59. The van der Waals surface area contributed by atoms with E-state index < -0.39 is 0 Å². The Morgan fingerprint density at radius 1 is 1.03 bits per heavy atom. The van der Waals surface area contributed by atoms with Gasteiger partial charge in [0.15, 0.2) is 0 Å². The molecular formula is C28H30ClFN2O3. The van der Waals surface area contributed by atoms with Gasteiger partial charge in [-0.1, -0.05) is 54.1 Å². The van der Waals surface area contributed by atoms with Crippen molar-refractivity contribution in [1.82, 2.24) is 10.2 Å². The van der Waals surface area contributed by atoms with Crippen LogP contribution in [0, 0.1) is 11.7 Å². The largest absolute Gasteiger partial charge is 0.496 e. The molecule has 1 aliphatic heterocycles. The summed E-state index contributed by atoms with van der Waals surface area (Å²) < 4.78 is 25.8. The van der Waals surface area contributed by atoms with Crippen LogP contribution in [0.5, 0.6) is 11.5 Å². The minimum Gasteiger partial charge on any atom is -0.496 e. The van der Waals surface area contributed by atoms with Crippen LogP contribution in [-0.4, -0.2) is 44.2 Å². The quantitative estimate of drug-likeness (QED) is 0.421. The smallest absolute Gasteiger partial charge is 0.223 e. The lowest BCUT2D eigenvalue weighted by Crippen LogP contribution is -2.41. The van der Waals surface area contributed by atoms with E-state index in [-0.39, 0.29) is 17.6 Å². The Bertz CT molecular complexity index is 1150. The van der Waals surface area contributed by atoms with Gasteiger partial charge in [0, 0.05) is 30.1 Å². The lowest BCUT2D eigenvalue weighted by Gasteiger charge is -2.31. The highest BCUT2D eigenvalue weighted by molar-refractivity contribution is 6.32. The average molecular weight is 497 g/mol. The van der Waals surface area contributed by atoms with Gasteiger partial charge in [0.05, 0.1) is 12.1 Å². The molecule has 5 nitrogen and oxygen atoms in total. The minimum absolute atomic E-state index is 0.0271. The third kappa shape index (κ3) is 6.32. The number of para-hydroxylation sites is 1. The van der Waals surface area contributed by atoms with E-state index in [0.717, 1.165) is 38.0 Å². The van der Waals surface area contributed by atoms with Gasteiger partial charge in [-0.2, -0.15) is 0 Å². The summed E-state index contributed by atoms with van der Waals surface area (Å²) >= 11 is 6.13. The normalized spacial score (nSPS) is 14.5. The molecular weight excluding hydrogens is 467 g/mol. The van der Waals surface area contributed by atoms with Crippen LogP contribution in [0.2, 0.25) is 5.02 Å². The van der Waals surface area contributed by atoms with Crippen LogP contribution in [-0.2, 0) is 11.3 Å². The van der Waals surface area contributed by atoms with Gasteiger partial charge in [0.1, 0.15) is 23.9 Å². The van der Waals surface area contributed by atoms with E-state index in [2.05, 4.69) is 10.2 Å². The third-order valence-electron chi connectivity index (χ3n) is 6.39. The van der Waals surface area contributed by atoms with Gasteiger partial charge in [0.2, 0.25) is 5.91 Å². The number of likely N-dealkylation sites (tertiary alicyclic amines) is 1. The molecule has 3 aromatic rings. The molecule has 1 amide bonds. The average Bonchev–Trinajstić information content (AvgIpc) is 2.89. The number of carbonyl (C=O) groups excluding carboxylic acids is 1. The van der Waals surface area contributed by atoms with E-state index in [4.69, 9.17) is 21.1 Å². The molecule has 1 fully saturated rings. The van der Waals surface area contributed by atoms with Crippen molar-refractivity contribution in [2.45, 2.75) is 19.4 Å². The number of halogens is 2. The Morgan fingerprint density at radius 3 is 2.49 bits per heavy atom. The summed E-state index contributed by atoms with van der Waals surface area (Å²) in [6.45, 7) is 3.32. The number of hydrogen-bond acceptors (Lipinski definition) is 4. The van der Waals surface area contributed by atoms with Crippen molar-refractivity contribution in [3.8, 4) is 22.6 Å². The summed E-state index contributed by atoms with van der Waals surface area (Å²) in [4.78, 5) is 15.2. The Balaban J connectivity index is 1.29. The fraction of sp³-hybridized carbons (Fsp3) is 0.321. The fourth-order valence-electron chi connectivity index (χ4n) is 4.46. The van der Waals surface area contributed by atoms with E-state index in [9.17, 15) is 9.18 Å². The van der Waals surface area contributed by atoms with Gasteiger partial charge in [-0.3, -0.25) is 9.69 Å². The molecule has 0 spiro atoms. The summed E-state index contributed by atoms with van der Waals surface area (Å²) in [5.74, 6) is 0.929. The zero-order chi connectivity index (χ0) is 24.6. The van der Waals surface area contributed by atoms with Crippen molar-refractivity contribution < 1.29 is 18.7 Å². The molecule has 35 heavy (non-hydrogen) atoms. The van der Waals surface area contributed by atoms with E-state index in [0.29, 0.717) is 40.8 Å². The number of amides is 1. The van der Waals surface area contributed by atoms with Crippen LogP contribution >= 0.6 is 11.6 Å². The standard InChI is InChI=1S/C28H30ClFN2O3/c1-34-26-12-6-7-21(27(26)22-8-2-4-10-24(22)30)19-31-28(33)20-13-15-32(16-14-20)17-18-35-25-11-5-3-9-23(25)29/h2-12,20H,13-19H2,1H3,(H,31,33). The predicted molar refractivity (Wildman–Crippen MR) is 136 cm³/mol. The van der Waals surface area contributed by atoms with Crippen molar-refractivity contribution in [2.24, 2.45) is 5.92 Å². The molecule has 0 atom stereocenters. The second kappa shape index (κ2) is 12.0. The fourth-order valence-corrected chi connectivity index (χ4v) is 4.65. The molecule has 184 valence electrons. The lowest BCUT2D eigenvalue weighted by atomic mass is 9.95. The van der Waals surface area contributed by atoms with Gasteiger partial charge in [0.25, 0.3) is 0 Å². The summed E-state index contributed by atoms with van der Waals surface area (Å²) in [5, 5.41) is 3.67. The van der Waals surface area contributed by atoms with Gasteiger partial charge >= 0.3 is 0 Å². The van der Waals surface area contributed by atoms with Gasteiger partial charge < -0.3 is 14.8 Å². The first-order valence-corrected chi connectivity index (χ1v) is 12.2. The maximum absolute atomic E-state index is 14.5. The minimum atomic E-state index is -0.324.